The molecule has 1 heterocycles. The maximum Gasteiger partial charge on any atom is 0.220 e. The molecule has 438 valence electrons. The second-order valence-corrected chi connectivity index (χ2v) is 22.2. The zero-order chi connectivity index (χ0) is 54.3. The van der Waals surface area contributed by atoms with Gasteiger partial charge in [0.1, 0.15) is 24.4 Å². The monoisotopic (exact) mass is 1060 g/mol. The van der Waals surface area contributed by atoms with Crippen molar-refractivity contribution in [1.82, 2.24) is 5.32 Å². The highest BCUT2D eigenvalue weighted by atomic mass is 16.7. The Balaban J connectivity index is 2.03. The normalized spacial score (nSPS) is 19.3. The van der Waals surface area contributed by atoms with Gasteiger partial charge in [0.05, 0.1) is 25.4 Å². The summed E-state index contributed by atoms with van der Waals surface area (Å²) in [6.45, 7) is 3.74. The summed E-state index contributed by atoms with van der Waals surface area (Å²) in [5.74, 6) is -0.140. The molecule has 1 amide bonds. The number of aliphatic hydroxyl groups is 5. The average molecular weight is 1060 g/mol. The number of hydrogen-bond acceptors (Lipinski definition) is 8. The third-order valence-corrected chi connectivity index (χ3v) is 15.1. The van der Waals surface area contributed by atoms with Crippen molar-refractivity contribution in [2.24, 2.45) is 0 Å². The molecule has 9 heteroatoms. The Morgan fingerprint density at radius 3 is 1.23 bits per heavy atom. The van der Waals surface area contributed by atoms with Gasteiger partial charge in [-0.3, -0.25) is 4.79 Å². The topological polar surface area (TPSA) is 149 Å². The Morgan fingerprint density at radius 1 is 0.467 bits per heavy atom. The van der Waals surface area contributed by atoms with Crippen LogP contribution in [0.3, 0.4) is 0 Å². The molecule has 7 unspecified atom stereocenters. The number of ether oxygens (including phenoxy) is 2. The molecule has 1 saturated heterocycles. The Morgan fingerprint density at radius 2 is 0.827 bits per heavy atom. The van der Waals surface area contributed by atoms with Crippen LogP contribution in [-0.2, 0) is 14.3 Å². The molecule has 1 fully saturated rings. The van der Waals surface area contributed by atoms with Gasteiger partial charge in [0.15, 0.2) is 6.29 Å². The Hall–Kier alpha value is -2.11. The maximum absolute atomic E-state index is 13.1. The van der Waals surface area contributed by atoms with Crippen LogP contribution in [0.1, 0.15) is 296 Å². The van der Waals surface area contributed by atoms with Gasteiger partial charge < -0.3 is 40.3 Å². The summed E-state index contributed by atoms with van der Waals surface area (Å²) in [4.78, 5) is 13.1. The summed E-state index contributed by atoms with van der Waals surface area (Å²) in [6, 6.07) is -0.717. The van der Waals surface area contributed by atoms with E-state index in [0.717, 1.165) is 70.6 Å². The van der Waals surface area contributed by atoms with Gasteiger partial charge in [0, 0.05) is 6.42 Å². The van der Waals surface area contributed by atoms with E-state index in [-0.39, 0.29) is 12.5 Å². The molecular formula is C66H121NO8. The van der Waals surface area contributed by atoms with Crippen molar-refractivity contribution in [2.75, 3.05) is 13.2 Å². The van der Waals surface area contributed by atoms with Crippen molar-refractivity contribution in [1.29, 1.82) is 0 Å². The molecule has 0 aromatic carbocycles. The van der Waals surface area contributed by atoms with E-state index in [1.165, 1.54) is 199 Å². The molecular weight excluding hydrogens is 935 g/mol. The molecule has 0 aromatic rings. The van der Waals surface area contributed by atoms with Gasteiger partial charge in [0.25, 0.3) is 0 Å². The number of nitrogens with one attached hydrogen (secondary N) is 1. The molecule has 1 rings (SSSR count). The lowest BCUT2D eigenvalue weighted by atomic mass is 9.99. The van der Waals surface area contributed by atoms with Crippen LogP contribution < -0.4 is 5.32 Å². The van der Waals surface area contributed by atoms with Gasteiger partial charge in [-0.1, -0.05) is 293 Å². The van der Waals surface area contributed by atoms with E-state index >= 15 is 0 Å². The summed E-state index contributed by atoms with van der Waals surface area (Å²) >= 11 is 0. The molecule has 1 aliphatic rings. The summed E-state index contributed by atoms with van der Waals surface area (Å²) in [7, 11) is 0. The van der Waals surface area contributed by atoms with E-state index in [0.29, 0.717) is 12.8 Å². The van der Waals surface area contributed by atoms with Crippen LogP contribution in [0.2, 0.25) is 0 Å². The average Bonchev–Trinajstić information content (AvgIpc) is 3.41. The minimum absolute atomic E-state index is 0.135. The number of hydrogen-bond donors (Lipinski definition) is 6. The van der Waals surface area contributed by atoms with Crippen LogP contribution in [-0.4, -0.2) is 87.5 Å². The number of carbonyl (C=O) groups excluding carboxylic acids is 1. The molecule has 0 spiro atoms. The first kappa shape index (κ1) is 70.9. The number of allylic oxidation sites excluding steroid dienone is 10. The SMILES string of the molecule is CC/C=C\C/C=C\C/C=C\C/C=C\C/C=C\CCCCCCCCCCCCCCCCCCCCCCCCCC(=O)NC(COC1OC(CO)C(O)C(O)C1O)C(O)CCCCCCCCCCCCCCC. The first-order valence-electron chi connectivity index (χ1n) is 32.0. The van der Waals surface area contributed by atoms with Crippen LogP contribution in [0.5, 0.6) is 0 Å². The highest BCUT2D eigenvalue weighted by Crippen LogP contribution is 2.23. The first-order chi connectivity index (χ1) is 36.8. The molecule has 0 saturated carbocycles. The van der Waals surface area contributed by atoms with E-state index in [9.17, 15) is 30.3 Å². The van der Waals surface area contributed by atoms with E-state index < -0.39 is 49.5 Å². The van der Waals surface area contributed by atoms with Gasteiger partial charge >= 0.3 is 0 Å². The van der Waals surface area contributed by atoms with Crippen LogP contribution in [0.25, 0.3) is 0 Å². The Labute approximate surface area is 462 Å². The minimum atomic E-state index is -1.55. The fraction of sp³-hybridized carbons (Fsp3) is 0.833. The Bertz CT molecular complexity index is 1360. The molecule has 0 radical (unpaired) electrons. The number of unbranched alkanes of at least 4 members (excludes halogenated alkanes) is 35. The highest BCUT2D eigenvalue weighted by Gasteiger charge is 2.44. The molecule has 1 aliphatic heterocycles. The third-order valence-electron chi connectivity index (χ3n) is 15.1. The van der Waals surface area contributed by atoms with Crippen molar-refractivity contribution in [3.8, 4) is 0 Å². The van der Waals surface area contributed by atoms with Crippen LogP contribution >= 0.6 is 0 Å². The zero-order valence-corrected chi connectivity index (χ0v) is 48.8. The predicted octanol–water partition coefficient (Wildman–Crippen LogP) is 16.6. The lowest BCUT2D eigenvalue weighted by Crippen LogP contribution is -2.60. The van der Waals surface area contributed by atoms with Crippen LogP contribution in [0.15, 0.2) is 60.8 Å². The van der Waals surface area contributed by atoms with E-state index in [1.54, 1.807) is 0 Å². The molecule has 9 nitrogen and oxygen atoms in total. The molecule has 6 N–H and O–H groups in total. The summed E-state index contributed by atoms with van der Waals surface area (Å²) in [5, 5.41) is 54.6. The van der Waals surface area contributed by atoms with Crippen molar-refractivity contribution in [2.45, 2.75) is 339 Å². The summed E-state index contributed by atoms with van der Waals surface area (Å²) in [6.07, 6.45) is 68.6. The number of amides is 1. The maximum atomic E-state index is 13.1. The molecule has 0 aliphatic carbocycles. The van der Waals surface area contributed by atoms with Crippen LogP contribution in [0, 0.1) is 0 Å². The molecule has 75 heavy (non-hydrogen) atoms. The van der Waals surface area contributed by atoms with Gasteiger partial charge in [0.2, 0.25) is 5.91 Å². The zero-order valence-electron chi connectivity index (χ0n) is 48.8. The lowest BCUT2D eigenvalue weighted by Gasteiger charge is -2.40. The number of aliphatic hydroxyl groups excluding tert-OH is 5. The highest BCUT2D eigenvalue weighted by molar-refractivity contribution is 5.76. The van der Waals surface area contributed by atoms with Crippen molar-refractivity contribution >= 4 is 5.91 Å². The largest absolute Gasteiger partial charge is 0.394 e. The van der Waals surface area contributed by atoms with Crippen molar-refractivity contribution < 1.29 is 39.8 Å². The van der Waals surface area contributed by atoms with E-state index in [1.807, 2.05) is 0 Å². The molecule has 7 atom stereocenters. The number of rotatable bonds is 55. The van der Waals surface area contributed by atoms with Gasteiger partial charge in [-0.2, -0.15) is 0 Å². The molecule has 0 aromatic heterocycles. The van der Waals surface area contributed by atoms with Gasteiger partial charge in [-0.15, -0.1) is 0 Å². The third kappa shape index (κ3) is 44.4. The molecule has 0 bridgehead atoms. The van der Waals surface area contributed by atoms with Crippen molar-refractivity contribution in [3.63, 3.8) is 0 Å². The fourth-order valence-electron chi connectivity index (χ4n) is 10.1. The fourth-order valence-corrected chi connectivity index (χ4v) is 10.1. The van der Waals surface area contributed by atoms with Gasteiger partial charge in [-0.05, 0) is 57.8 Å². The van der Waals surface area contributed by atoms with Crippen LogP contribution in [0.4, 0.5) is 0 Å². The first-order valence-corrected chi connectivity index (χ1v) is 32.0. The second kappa shape index (κ2) is 55.2. The second-order valence-electron chi connectivity index (χ2n) is 22.2. The van der Waals surface area contributed by atoms with Gasteiger partial charge in [-0.25, -0.2) is 0 Å². The van der Waals surface area contributed by atoms with E-state index in [2.05, 4.69) is 79.9 Å². The minimum Gasteiger partial charge on any atom is -0.394 e. The smallest absolute Gasteiger partial charge is 0.220 e. The number of carbonyl (C=O) groups is 1. The quantitative estimate of drug-likeness (QED) is 0.0261. The van der Waals surface area contributed by atoms with Crippen molar-refractivity contribution in [3.05, 3.63) is 60.8 Å². The lowest BCUT2D eigenvalue weighted by molar-refractivity contribution is -0.302. The summed E-state index contributed by atoms with van der Waals surface area (Å²) in [5.41, 5.74) is 0. The van der Waals surface area contributed by atoms with E-state index in [4.69, 9.17) is 9.47 Å². The summed E-state index contributed by atoms with van der Waals surface area (Å²) < 4.78 is 11.3. The Kier molecular flexibility index (Phi) is 52.2. The standard InChI is InChI=1S/C66H121NO8/c1-3-5-7-9-11-13-15-17-18-19-20-21-22-23-24-25-26-27-28-29-30-31-32-33-34-35-36-37-38-39-40-41-42-44-46-48-50-52-54-56-62(70)67-59(58-74-66-65(73)64(72)63(71)61(57-68)75-66)60(69)55-53-51-49-47-45-43-16-14-12-10-8-6-4-2/h5,7,11,13,17-18,20-21,23-24,59-61,63-66,68-69,71-73H,3-4,6,8-10,12,14-16,19,22,25-58H2,1-2H3,(H,67,70)/b7-5-,13-11-,18-17-,21-20-,24-23-. The predicted molar refractivity (Wildman–Crippen MR) is 318 cm³/mol.